The fourth-order valence-electron chi connectivity index (χ4n) is 2.27. The fraction of sp³-hybridized carbons (Fsp3) is 1.00. The molecule has 0 heterocycles. The lowest BCUT2D eigenvalue weighted by Crippen LogP contribution is -2.52. The third kappa shape index (κ3) is 1.30. The summed E-state index contributed by atoms with van der Waals surface area (Å²) in [5.74, 6) is 1.07. The average molecular weight is 157 g/mol. The Bertz CT molecular complexity index is 142. The SMILES string of the molecule is CC(O)C1CC(CN)C1(C)C. The summed E-state index contributed by atoms with van der Waals surface area (Å²) in [6.45, 7) is 7.03. The molecular formula is C9H19NO. The molecular weight excluding hydrogens is 138 g/mol. The van der Waals surface area contributed by atoms with Crippen molar-refractivity contribution in [2.75, 3.05) is 6.54 Å². The minimum Gasteiger partial charge on any atom is -0.393 e. The van der Waals surface area contributed by atoms with E-state index in [2.05, 4.69) is 13.8 Å². The summed E-state index contributed by atoms with van der Waals surface area (Å²) < 4.78 is 0. The predicted octanol–water partition coefficient (Wildman–Crippen LogP) is 0.988. The van der Waals surface area contributed by atoms with Crippen LogP contribution < -0.4 is 5.73 Å². The van der Waals surface area contributed by atoms with E-state index in [0.29, 0.717) is 11.8 Å². The first-order valence-corrected chi connectivity index (χ1v) is 4.38. The highest BCUT2D eigenvalue weighted by Crippen LogP contribution is 2.52. The Morgan fingerprint density at radius 2 is 2.18 bits per heavy atom. The normalized spacial score (nSPS) is 37.9. The molecule has 11 heavy (non-hydrogen) atoms. The Hall–Kier alpha value is -0.0800. The van der Waals surface area contributed by atoms with Crippen LogP contribution in [0.3, 0.4) is 0 Å². The Morgan fingerprint density at radius 1 is 1.64 bits per heavy atom. The molecule has 0 aliphatic heterocycles. The topological polar surface area (TPSA) is 46.2 Å². The third-order valence-electron chi connectivity index (χ3n) is 3.41. The molecule has 0 spiro atoms. The zero-order valence-corrected chi connectivity index (χ0v) is 7.67. The zero-order valence-electron chi connectivity index (χ0n) is 7.67. The predicted molar refractivity (Wildman–Crippen MR) is 46.1 cm³/mol. The molecule has 0 aromatic carbocycles. The van der Waals surface area contributed by atoms with Crippen LogP contribution in [0, 0.1) is 17.3 Å². The third-order valence-corrected chi connectivity index (χ3v) is 3.41. The summed E-state index contributed by atoms with van der Waals surface area (Å²) in [4.78, 5) is 0. The van der Waals surface area contributed by atoms with Gasteiger partial charge >= 0.3 is 0 Å². The number of aliphatic hydroxyl groups is 1. The smallest absolute Gasteiger partial charge is 0.0545 e. The number of hydrogen-bond donors (Lipinski definition) is 2. The van der Waals surface area contributed by atoms with Gasteiger partial charge in [0.1, 0.15) is 0 Å². The second-order valence-corrected chi connectivity index (χ2v) is 4.34. The summed E-state index contributed by atoms with van der Waals surface area (Å²) in [6, 6.07) is 0. The van der Waals surface area contributed by atoms with Crippen molar-refractivity contribution in [1.29, 1.82) is 0 Å². The molecule has 3 unspecified atom stereocenters. The fourth-order valence-corrected chi connectivity index (χ4v) is 2.27. The van der Waals surface area contributed by atoms with Gasteiger partial charge in [-0.3, -0.25) is 0 Å². The van der Waals surface area contributed by atoms with Gasteiger partial charge in [0.2, 0.25) is 0 Å². The quantitative estimate of drug-likeness (QED) is 0.628. The molecule has 0 aromatic heterocycles. The van der Waals surface area contributed by atoms with Crippen molar-refractivity contribution in [3.8, 4) is 0 Å². The largest absolute Gasteiger partial charge is 0.393 e. The van der Waals surface area contributed by atoms with Crippen molar-refractivity contribution < 1.29 is 5.11 Å². The van der Waals surface area contributed by atoms with Crippen LogP contribution in [0.2, 0.25) is 0 Å². The van der Waals surface area contributed by atoms with E-state index in [0.717, 1.165) is 13.0 Å². The maximum absolute atomic E-state index is 9.38. The van der Waals surface area contributed by atoms with Crippen molar-refractivity contribution in [1.82, 2.24) is 0 Å². The molecule has 1 fully saturated rings. The van der Waals surface area contributed by atoms with Crippen LogP contribution in [0.25, 0.3) is 0 Å². The van der Waals surface area contributed by atoms with Crippen molar-refractivity contribution in [3.05, 3.63) is 0 Å². The van der Waals surface area contributed by atoms with Crippen molar-refractivity contribution in [2.45, 2.75) is 33.3 Å². The summed E-state index contributed by atoms with van der Waals surface area (Å²) in [5.41, 5.74) is 5.84. The molecule has 1 aliphatic rings. The Balaban J connectivity index is 2.54. The highest BCUT2D eigenvalue weighted by molar-refractivity contribution is 4.98. The van der Waals surface area contributed by atoms with Gasteiger partial charge in [0.15, 0.2) is 0 Å². The van der Waals surface area contributed by atoms with E-state index in [9.17, 15) is 5.11 Å². The van der Waals surface area contributed by atoms with Crippen LogP contribution >= 0.6 is 0 Å². The molecule has 1 aliphatic carbocycles. The number of nitrogens with two attached hydrogens (primary N) is 1. The van der Waals surface area contributed by atoms with E-state index in [1.54, 1.807) is 0 Å². The molecule has 1 rings (SSSR count). The average Bonchev–Trinajstić information content (AvgIpc) is 1.85. The van der Waals surface area contributed by atoms with E-state index in [1.807, 2.05) is 6.92 Å². The van der Waals surface area contributed by atoms with E-state index in [-0.39, 0.29) is 11.5 Å². The van der Waals surface area contributed by atoms with Gasteiger partial charge in [-0.2, -0.15) is 0 Å². The van der Waals surface area contributed by atoms with Crippen LogP contribution in [-0.2, 0) is 0 Å². The second-order valence-electron chi connectivity index (χ2n) is 4.34. The van der Waals surface area contributed by atoms with Gasteiger partial charge in [-0.15, -0.1) is 0 Å². The van der Waals surface area contributed by atoms with Gasteiger partial charge in [0.25, 0.3) is 0 Å². The first-order chi connectivity index (χ1) is 5.00. The summed E-state index contributed by atoms with van der Waals surface area (Å²) >= 11 is 0. The van der Waals surface area contributed by atoms with Crippen molar-refractivity contribution >= 4 is 0 Å². The first kappa shape index (κ1) is 9.01. The van der Waals surface area contributed by atoms with Crippen LogP contribution in [0.5, 0.6) is 0 Å². The summed E-state index contributed by atoms with van der Waals surface area (Å²) in [7, 11) is 0. The van der Waals surface area contributed by atoms with E-state index < -0.39 is 0 Å². The molecule has 0 amide bonds. The van der Waals surface area contributed by atoms with Crippen LogP contribution in [0.1, 0.15) is 27.2 Å². The lowest BCUT2D eigenvalue weighted by Gasteiger charge is -2.53. The van der Waals surface area contributed by atoms with Gasteiger partial charge in [0.05, 0.1) is 6.10 Å². The molecule has 2 nitrogen and oxygen atoms in total. The lowest BCUT2D eigenvalue weighted by molar-refractivity contribution is -0.0831. The van der Waals surface area contributed by atoms with E-state index >= 15 is 0 Å². The van der Waals surface area contributed by atoms with Gasteiger partial charge < -0.3 is 10.8 Å². The molecule has 2 heteroatoms. The minimum atomic E-state index is -0.173. The molecule has 3 atom stereocenters. The highest BCUT2D eigenvalue weighted by atomic mass is 16.3. The van der Waals surface area contributed by atoms with E-state index in [4.69, 9.17) is 5.73 Å². The van der Waals surface area contributed by atoms with Gasteiger partial charge in [-0.25, -0.2) is 0 Å². The molecule has 1 saturated carbocycles. The lowest BCUT2D eigenvalue weighted by atomic mass is 9.53. The van der Waals surface area contributed by atoms with Crippen LogP contribution in [0.15, 0.2) is 0 Å². The molecule has 3 N–H and O–H groups in total. The van der Waals surface area contributed by atoms with Crippen molar-refractivity contribution in [2.24, 2.45) is 23.0 Å². The highest BCUT2D eigenvalue weighted by Gasteiger charge is 2.48. The molecule has 0 radical (unpaired) electrons. The summed E-state index contributed by atoms with van der Waals surface area (Å²) in [6.07, 6.45) is 0.925. The van der Waals surface area contributed by atoms with Gasteiger partial charge in [-0.05, 0) is 37.1 Å². The Kier molecular flexibility index (Phi) is 2.26. The molecule has 0 saturated heterocycles. The monoisotopic (exact) mass is 157 g/mol. The summed E-state index contributed by atoms with van der Waals surface area (Å²) in [5, 5.41) is 9.38. The number of aliphatic hydroxyl groups excluding tert-OH is 1. The first-order valence-electron chi connectivity index (χ1n) is 4.38. The van der Waals surface area contributed by atoms with Crippen LogP contribution in [0.4, 0.5) is 0 Å². The second kappa shape index (κ2) is 2.76. The van der Waals surface area contributed by atoms with Crippen molar-refractivity contribution in [3.63, 3.8) is 0 Å². The number of hydrogen-bond acceptors (Lipinski definition) is 2. The van der Waals surface area contributed by atoms with E-state index in [1.165, 1.54) is 0 Å². The zero-order chi connectivity index (χ0) is 8.65. The maximum Gasteiger partial charge on any atom is 0.0545 e. The van der Waals surface area contributed by atoms with Crippen LogP contribution in [-0.4, -0.2) is 17.8 Å². The maximum atomic E-state index is 9.38. The Morgan fingerprint density at radius 3 is 2.45 bits per heavy atom. The Labute approximate surface area is 68.8 Å². The number of rotatable bonds is 2. The van der Waals surface area contributed by atoms with Gasteiger partial charge in [0, 0.05) is 0 Å². The van der Waals surface area contributed by atoms with Gasteiger partial charge in [-0.1, -0.05) is 13.8 Å². The standard InChI is InChI=1S/C9H19NO/c1-6(11)8-4-7(5-10)9(8,2)3/h6-8,11H,4-5,10H2,1-3H3. The molecule has 66 valence electrons. The molecule has 0 bridgehead atoms. The molecule has 0 aromatic rings. The minimum absolute atomic E-state index is 0.173.